The molecule has 0 atom stereocenters. The SMILES string of the molecule is CCCNS(=O)(=O)c1ccc(CCC(=O)NCCCO)cc1. The average Bonchev–Trinajstić information content (AvgIpc) is 2.52. The molecule has 0 aromatic heterocycles. The van der Waals surface area contributed by atoms with Crippen molar-refractivity contribution in [3.8, 4) is 0 Å². The lowest BCUT2D eigenvalue weighted by Gasteiger charge is -2.07. The van der Waals surface area contributed by atoms with Crippen molar-refractivity contribution in [1.82, 2.24) is 10.0 Å². The van der Waals surface area contributed by atoms with Crippen LogP contribution in [0.25, 0.3) is 0 Å². The van der Waals surface area contributed by atoms with E-state index in [1.165, 1.54) is 0 Å². The van der Waals surface area contributed by atoms with Gasteiger partial charge in [-0.25, -0.2) is 13.1 Å². The maximum absolute atomic E-state index is 11.9. The van der Waals surface area contributed by atoms with Crippen molar-refractivity contribution in [1.29, 1.82) is 0 Å². The molecule has 0 aliphatic rings. The van der Waals surface area contributed by atoms with E-state index < -0.39 is 10.0 Å². The van der Waals surface area contributed by atoms with Crippen LogP contribution in [0.15, 0.2) is 29.2 Å². The number of amides is 1. The van der Waals surface area contributed by atoms with Crippen molar-refractivity contribution in [2.75, 3.05) is 19.7 Å². The summed E-state index contributed by atoms with van der Waals surface area (Å²) in [7, 11) is -3.44. The van der Waals surface area contributed by atoms with Gasteiger partial charge in [-0.05, 0) is 37.0 Å². The van der Waals surface area contributed by atoms with Crippen LogP contribution in [-0.4, -0.2) is 39.1 Å². The number of aliphatic hydroxyl groups excluding tert-OH is 1. The lowest BCUT2D eigenvalue weighted by atomic mass is 10.1. The normalized spacial score (nSPS) is 11.4. The molecule has 0 saturated carbocycles. The molecule has 1 amide bonds. The Hall–Kier alpha value is -1.44. The molecule has 1 rings (SSSR count). The van der Waals surface area contributed by atoms with Gasteiger partial charge >= 0.3 is 0 Å². The predicted octanol–water partition coefficient (Wildman–Crippen LogP) is 0.806. The Kier molecular flexibility index (Phi) is 8.08. The van der Waals surface area contributed by atoms with E-state index in [4.69, 9.17) is 5.11 Å². The molecule has 0 saturated heterocycles. The summed E-state index contributed by atoms with van der Waals surface area (Å²) in [6, 6.07) is 6.55. The first kappa shape index (κ1) is 18.6. The third-order valence-corrected chi connectivity index (χ3v) is 4.55. The van der Waals surface area contributed by atoms with Gasteiger partial charge in [0.15, 0.2) is 0 Å². The zero-order chi connectivity index (χ0) is 16.4. The first-order valence-corrected chi connectivity index (χ1v) is 8.94. The molecule has 0 aliphatic heterocycles. The van der Waals surface area contributed by atoms with Crippen LogP contribution in [-0.2, 0) is 21.2 Å². The van der Waals surface area contributed by atoms with Crippen molar-refractivity contribution in [3.63, 3.8) is 0 Å². The first-order valence-electron chi connectivity index (χ1n) is 7.45. The highest BCUT2D eigenvalue weighted by atomic mass is 32.2. The molecular weight excluding hydrogens is 304 g/mol. The van der Waals surface area contributed by atoms with Crippen molar-refractivity contribution < 1.29 is 18.3 Å². The summed E-state index contributed by atoms with van der Waals surface area (Å²) in [4.78, 5) is 11.8. The summed E-state index contributed by atoms with van der Waals surface area (Å²) in [5, 5.41) is 11.3. The largest absolute Gasteiger partial charge is 0.396 e. The molecule has 0 unspecified atom stereocenters. The van der Waals surface area contributed by atoms with Crippen LogP contribution in [0.5, 0.6) is 0 Å². The number of hydrogen-bond donors (Lipinski definition) is 3. The summed E-state index contributed by atoms with van der Waals surface area (Å²) >= 11 is 0. The van der Waals surface area contributed by atoms with Crippen molar-refractivity contribution in [2.45, 2.75) is 37.5 Å². The number of carbonyl (C=O) groups is 1. The molecule has 1 aromatic carbocycles. The molecule has 3 N–H and O–H groups in total. The number of benzene rings is 1. The summed E-state index contributed by atoms with van der Waals surface area (Å²) in [5.41, 5.74) is 0.909. The second kappa shape index (κ2) is 9.55. The number of aryl methyl sites for hydroxylation is 1. The summed E-state index contributed by atoms with van der Waals surface area (Å²) < 4.78 is 26.4. The van der Waals surface area contributed by atoms with Crippen LogP contribution in [0, 0.1) is 0 Å². The van der Waals surface area contributed by atoms with Crippen LogP contribution in [0.2, 0.25) is 0 Å². The van der Waals surface area contributed by atoms with Gasteiger partial charge in [0, 0.05) is 26.1 Å². The molecule has 7 heteroatoms. The Labute approximate surface area is 132 Å². The van der Waals surface area contributed by atoms with Gasteiger partial charge in [0.1, 0.15) is 0 Å². The zero-order valence-corrected chi connectivity index (χ0v) is 13.7. The predicted molar refractivity (Wildman–Crippen MR) is 85.0 cm³/mol. The number of nitrogens with one attached hydrogen (secondary N) is 2. The maximum Gasteiger partial charge on any atom is 0.240 e. The fraction of sp³-hybridized carbons (Fsp3) is 0.533. The summed E-state index contributed by atoms with van der Waals surface area (Å²) in [6.45, 7) is 2.84. The van der Waals surface area contributed by atoms with Crippen molar-refractivity contribution in [2.24, 2.45) is 0 Å². The number of hydrogen-bond acceptors (Lipinski definition) is 4. The van der Waals surface area contributed by atoms with Crippen LogP contribution in [0.3, 0.4) is 0 Å². The highest BCUT2D eigenvalue weighted by molar-refractivity contribution is 7.89. The molecule has 0 spiro atoms. The molecule has 0 heterocycles. The first-order chi connectivity index (χ1) is 10.5. The second-order valence-electron chi connectivity index (χ2n) is 4.97. The fourth-order valence-electron chi connectivity index (χ4n) is 1.81. The van der Waals surface area contributed by atoms with Gasteiger partial charge in [-0.2, -0.15) is 0 Å². The number of carbonyl (C=O) groups excluding carboxylic acids is 1. The molecule has 1 aromatic rings. The van der Waals surface area contributed by atoms with Gasteiger partial charge in [-0.15, -0.1) is 0 Å². The third-order valence-electron chi connectivity index (χ3n) is 3.07. The van der Waals surface area contributed by atoms with Gasteiger partial charge in [0.2, 0.25) is 15.9 Å². The Morgan fingerprint density at radius 3 is 2.45 bits per heavy atom. The van der Waals surface area contributed by atoms with E-state index in [-0.39, 0.29) is 17.4 Å². The topological polar surface area (TPSA) is 95.5 Å². The van der Waals surface area contributed by atoms with Crippen LogP contribution in [0.1, 0.15) is 31.7 Å². The highest BCUT2D eigenvalue weighted by Gasteiger charge is 2.12. The third kappa shape index (κ3) is 6.55. The van der Waals surface area contributed by atoms with E-state index >= 15 is 0 Å². The fourth-order valence-corrected chi connectivity index (χ4v) is 2.94. The number of aliphatic hydroxyl groups is 1. The molecule has 0 radical (unpaired) electrons. The second-order valence-corrected chi connectivity index (χ2v) is 6.74. The lowest BCUT2D eigenvalue weighted by Crippen LogP contribution is -2.25. The van der Waals surface area contributed by atoms with Gasteiger partial charge in [0.05, 0.1) is 4.90 Å². The van der Waals surface area contributed by atoms with Crippen LogP contribution < -0.4 is 10.0 Å². The molecular formula is C15H24N2O4S. The zero-order valence-electron chi connectivity index (χ0n) is 12.8. The Morgan fingerprint density at radius 1 is 1.18 bits per heavy atom. The van der Waals surface area contributed by atoms with Gasteiger partial charge < -0.3 is 10.4 Å². The number of rotatable bonds is 10. The van der Waals surface area contributed by atoms with Gasteiger partial charge in [-0.3, -0.25) is 4.79 Å². The van der Waals surface area contributed by atoms with Gasteiger partial charge in [-0.1, -0.05) is 19.1 Å². The molecule has 0 bridgehead atoms. The monoisotopic (exact) mass is 328 g/mol. The number of sulfonamides is 1. The van der Waals surface area contributed by atoms with E-state index in [0.717, 1.165) is 12.0 Å². The smallest absolute Gasteiger partial charge is 0.240 e. The van der Waals surface area contributed by atoms with E-state index in [1.54, 1.807) is 24.3 Å². The van der Waals surface area contributed by atoms with E-state index in [0.29, 0.717) is 32.4 Å². The van der Waals surface area contributed by atoms with Crippen molar-refractivity contribution >= 4 is 15.9 Å². The van der Waals surface area contributed by atoms with E-state index in [2.05, 4.69) is 10.0 Å². The van der Waals surface area contributed by atoms with E-state index in [9.17, 15) is 13.2 Å². The molecule has 124 valence electrons. The minimum atomic E-state index is -3.44. The van der Waals surface area contributed by atoms with E-state index in [1.807, 2.05) is 6.92 Å². The van der Waals surface area contributed by atoms with Crippen LogP contribution in [0.4, 0.5) is 0 Å². The standard InChI is InChI=1S/C15H24N2O4S/c1-2-10-17-22(20,21)14-7-4-13(5-8-14)6-9-15(19)16-11-3-12-18/h4-5,7-8,17-18H,2-3,6,9-12H2,1H3,(H,16,19). The minimum absolute atomic E-state index is 0.0578. The maximum atomic E-state index is 11.9. The lowest BCUT2D eigenvalue weighted by molar-refractivity contribution is -0.121. The van der Waals surface area contributed by atoms with Crippen molar-refractivity contribution in [3.05, 3.63) is 29.8 Å². The van der Waals surface area contributed by atoms with Gasteiger partial charge in [0.25, 0.3) is 0 Å². The summed E-state index contributed by atoms with van der Waals surface area (Å²) in [5.74, 6) is -0.0743. The Morgan fingerprint density at radius 2 is 1.86 bits per heavy atom. The Balaban J connectivity index is 2.50. The average molecular weight is 328 g/mol. The minimum Gasteiger partial charge on any atom is -0.396 e. The molecule has 0 fully saturated rings. The quantitative estimate of drug-likeness (QED) is 0.554. The molecule has 22 heavy (non-hydrogen) atoms. The Bertz CT molecular complexity index is 555. The molecule has 0 aliphatic carbocycles. The summed E-state index contributed by atoms with van der Waals surface area (Å²) in [6.07, 6.45) is 2.17. The highest BCUT2D eigenvalue weighted by Crippen LogP contribution is 2.11. The van der Waals surface area contributed by atoms with Crippen LogP contribution >= 0.6 is 0 Å². The molecule has 6 nitrogen and oxygen atoms in total.